The minimum atomic E-state index is 0.620. The maximum atomic E-state index is 6.04. The summed E-state index contributed by atoms with van der Waals surface area (Å²) < 4.78 is 0. The first kappa shape index (κ1) is 10.7. The molecule has 16 heavy (non-hydrogen) atoms. The average molecular weight is 257 g/mol. The minimum Gasteiger partial charge on any atom is -0.367 e. The highest BCUT2D eigenvalue weighted by Gasteiger charge is 2.37. The summed E-state index contributed by atoms with van der Waals surface area (Å²) in [6, 6.07) is 6.42. The maximum absolute atomic E-state index is 6.04. The van der Waals surface area contributed by atoms with Gasteiger partial charge in [-0.25, -0.2) is 0 Å². The smallest absolute Gasteiger partial charge is 0.0455 e. The number of nitrogens with one attached hydrogen (secondary N) is 1. The van der Waals surface area contributed by atoms with E-state index in [1.54, 1.807) is 6.07 Å². The second-order valence-corrected chi connectivity index (χ2v) is 5.47. The summed E-state index contributed by atoms with van der Waals surface area (Å²) in [6.45, 7) is 3.35. The van der Waals surface area contributed by atoms with Crippen LogP contribution in [0.3, 0.4) is 0 Å². The predicted octanol–water partition coefficient (Wildman–Crippen LogP) is 2.79. The van der Waals surface area contributed by atoms with Crippen LogP contribution in [0.15, 0.2) is 18.2 Å². The largest absolute Gasteiger partial charge is 0.367 e. The summed E-state index contributed by atoms with van der Waals surface area (Å²) >= 11 is 12.1. The SMILES string of the molecule is Clc1cc(Cl)cc(N2CCC3CNCC32)c1. The Morgan fingerprint density at radius 1 is 1.12 bits per heavy atom. The van der Waals surface area contributed by atoms with Gasteiger partial charge in [0.2, 0.25) is 0 Å². The summed E-state index contributed by atoms with van der Waals surface area (Å²) in [5, 5.41) is 4.88. The van der Waals surface area contributed by atoms with Crippen molar-refractivity contribution in [2.45, 2.75) is 12.5 Å². The van der Waals surface area contributed by atoms with Gasteiger partial charge in [0, 0.05) is 41.4 Å². The van der Waals surface area contributed by atoms with Crippen LogP contribution in [-0.2, 0) is 0 Å². The summed E-state index contributed by atoms with van der Waals surface area (Å²) in [6.07, 6.45) is 1.27. The van der Waals surface area contributed by atoms with Crippen LogP contribution in [0.2, 0.25) is 10.0 Å². The second-order valence-electron chi connectivity index (χ2n) is 4.60. The standard InChI is InChI=1S/C12H14Cl2N2/c13-9-3-10(14)5-11(4-9)16-2-1-8-6-15-7-12(8)16/h3-5,8,12,15H,1-2,6-7H2. The van der Waals surface area contributed by atoms with Gasteiger partial charge < -0.3 is 10.2 Å². The van der Waals surface area contributed by atoms with E-state index in [0.29, 0.717) is 6.04 Å². The van der Waals surface area contributed by atoms with Gasteiger partial charge >= 0.3 is 0 Å². The molecule has 1 N–H and O–H groups in total. The Balaban J connectivity index is 1.91. The lowest BCUT2D eigenvalue weighted by molar-refractivity contribution is 0.579. The lowest BCUT2D eigenvalue weighted by Crippen LogP contribution is -2.34. The molecule has 2 nitrogen and oxygen atoms in total. The Morgan fingerprint density at radius 2 is 1.88 bits per heavy atom. The molecule has 3 rings (SSSR count). The lowest BCUT2D eigenvalue weighted by Gasteiger charge is -2.26. The fourth-order valence-corrected chi connectivity index (χ4v) is 3.39. The third-order valence-corrected chi connectivity index (χ3v) is 4.06. The monoisotopic (exact) mass is 256 g/mol. The number of anilines is 1. The Bertz CT molecular complexity index is 388. The molecule has 2 aliphatic heterocycles. The minimum absolute atomic E-state index is 0.620. The second kappa shape index (κ2) is 4.10. The first-order valence-electron chi connectivity index (χ1n) is 5.67. The molecular formula is C12H14Cl2N2. The fraction of sp³-hybridized carbons (Fsp3) is 0.500. The van der Waals surface area contributed by atoms with Crippen LogP contribution in [0.5, 0.6) is 0 Å². The molecule has 0 aliphatic carbocycles. The van der Waals surface area contributed by atoms with E-state index in [1.165, 1.54) is 6.42 Å². The summed E-state index contributed by atoms with van der Waals surface area (Å²) in [7, 11) is 0. The highest BCUT2D eigenvalue weighted by Crippen LogP contribution is 2.34. The zero-order chi connectivity index (χ0) is 11.1. The molecule has 2 heterocycles. The molecule has 1 aromatic rings. The van der Waals surface area contributed by atoms with Crippen LogP contribution in [0.1, 0.15) is 6.42 Å². The molecule has 2 aliphatic rings. The molecule has 0 radical (unpaired) electrons. The van der Waals surface area contributed by atoms with E-state index < -0.39 is 0 Å². The van der Waals surface area contributed by atoms with E-state index in [2.05, 4.69) is 10.2 Å². The van der Waals surface area contributed by atoms with Crippen LogP contribution >= 0.6 is 23.2 Å². The zero-order valence-corrected chi connectivity index (χ0v) is 10.4. The van der Waals surface area contributed by atoms with E-state index in [9.17, 15) is 0 Å². The molecule has 0 amide bonds. The van der Waals surface area contributed by atoms with Crippen molar-refractivity contribution in [2.24, 2.45) is 5.92 Å². The van der Waals surface area contributed by atoms with Crippen LogP contribution in [0, 0.1) is 5.92 Å². The van der Waals surface area contributed by atoms with Crippen molar-refractivity contribution in [3.05, 3.63) is 28.2 Å². The van der Waals surface area contributed by atoms with E-state index in [-0.39, 0.29) is 0 Å². The first-order chi connectivity index (χ1) is 7.74. The van der Waals surface area contributed by atoms with Gasteiger partial charge in [0.05, 0.1) is 0 Å². The maximum Gasteiger partial charge on any atom is 0.0455 e. The molecule has 2 fully saturated rings. The van der Waals surface area contributed by atoms with Crippen molar-refractivity contribution in [1.29, 1.82) is 0 Å². The zero-order valence-electron chi connectivity index (χ0n) is 8.92. The molecule has 0 bridgehead atoms. The fourth-order valence-electron chi connectivity index (χ4n) is 2.87. The van der Waals surface area contributed by atoms with Gasteiger partial charge in [-0.05, 0) is 30.5 Å². The number of hydrogen-bond donors (Lipinski definition) is 1. The number of halogens is 2. The van der Waals surface area contributed by atoms with E-state index in [0.717, 1.165) is 41.3 Å². The summed E-state index contributed by atoms with van der Waals surface area (Å²) in [5.74, 6) is 0.790. The molecule has 2 atom stereocenters. The van der Waals surface area contributed by atoms with Gasteiger partial charge in [-0.3, -0.25) is 0 Å². The van der Waals surface area contributed by atoms with E-state index in [1.807, 2.05) is 12.1 Å². The number of benzene rings is 1. The molecule has 4 heteroatoms. The Kier molecular flexibility index (Phi) is 2.74. The molecule has 2 unspecified atom stereocenters. The average Bonchev–Trinajstić information content (AvgIpc) is 2.75. The highest BCUT2D eigenvalue weighted by molar-refractivity contribution is 6.35. The van der Waals surface area contributed by atoms with Crippen molar-refractivity contribution in [3.8, 4) is 0 Å². The first-order valence-corrected chi connectivity index (χ1v) is 6.43. The van der Waals surface area contributed by atoms with Crippen LogP contribution in [0.4, 0.5) is 5.69 Å². The normalized spacial score (nSPS) is 28.5. The van der Waals surface area contributed by atoms with Gasteiger partial charge in [-0.2, -0.15) is 0 Å². The number of fused-ring (bicyclic) bond motifs is 1. The van der Waals surface area contributed by atoms with Crippen molar-refractivity contribution < 1.29 is 0 Å². The van der Waals surface area contributed by atoms with Gasteiger partial charge in [0.15, 0.2) is 0 Å². The quantitative estimate of drug-likeness (QED) is 0.832. The van der Waals surface area contributed by atoms with E-state index >= 15 is 0 Å². The number of rotatable bonds is 1. The third kappa shape index (κ3) is 1.79. The van der Waals surface area contributed by atoms with Crippen molar-refractivity contribution in [3.63, 3.8) is 0 Å². The Morgan fingerprint density at radius 3 is 2.62 bits per heavy atom. The summed E-state index contributed by atoms with van der Waals surface area (Å²) in [4.78, 5) is 2.43. The van der Waals surface area contributed by atoms with Crippen molar-refractivity contribution >= 4 is 28.9 Å². The number of hydrogen-bond acceptors (Lipinski definition) is 2. The van der Waals surface area contributed by atoms with Gasteiger partial charge in [0.1, 0.15) is 0 Å². The predicted molar refractivity (Wildman–Crippen MR) is 68.6 cm³/mol. The highest BCUT2D eigenvalue weighted by atomic mass is 35.5. The molecule has 86 valence electrons. The van der Waals surface area contributed by atoms with Gasteiger partial charge in [0.25, 0.3) is 0 Å². The van der Waals surface area contributed by atoms with Crippen molar-refractivity contribution in [2.75, 3.05) is 24.5 Å². The molecule has 0 aromatic heterocycles. The molecule has 2 saturated heterocycles. The van der Waals surface area contributed by atoms with Gasteiger partial charge in [-0.1, -0.05) is 23.2 Å². The van der Waals surface area contributed by atoms with Crippen LogP contribution < -0.4 is 10.2 Å². The third-order valence-electron chi connectivity index (χ3n) is 3.62. The number of nitrogens with zero attached hydrogens (tertiary/aromatic N) is 1. The molecular weight excluding hydrogens is 243 g/mol. The van der Waals surface area contributed by atoms with Crippen LogP contribution in [-0.4, -0.2) is 25.7 Å². The Hall–Kier alpha value is -0.440. The summed E-state index contributed by atoms with van der Waals surface area (Å²) in [5.41, 5.74) is 1.16. The topological polar surface area (TPSA) is 15.3 Å². The lowest BCUT2D eigenvalue weighted by atomic mass is 10.1. The van der Waals surface area contributed by atoms with Crippen molar-refractivity contribution in [1.82, 2.24) is 5.32 Å². The van der Waals surface area contributed by atoms with Crippen LogP contribution in [0.25, 0.3) is 0 Å². The Labute approximate surface area is 106 Å². The van der Waals surface area contributed by atoms with Gasteiger partial charge in [-0.15, -0.1) is 0 Å². The van der Waals surface area contributed by atoms with E-state index in [4.69, 9.17) is 23.2 Å². The molecule has 0 saturated carbocycles. The molecule has 0 spiro atoms. The molecule has 1 aromatic carbocycles.